The number of nitro benzene ring substituents is 1. The number of halogens is 1. The van der Waals surface area contributed by atoms with Gasteiger partial charge in [0.1, 0.15) is 5.58 Å². The summed E-state index contributed by atoms with van der Waals surface area (Å²) < 4.78 is 12.5. The highest BCUT2D eigenvalue weighted by molar-refractivity contribution is 6.32. The van der Waals surface area contributed by atoms with Crippen LogP contribution in [0.25, 0.3) is 33.5 Å². The van der Waals surface area contributed by atoms with Gasteiger partial charge in [-0.3, -0.25) is 19.7 Å². The lowest BCUT2D eigenvalue weighted by Gasteiger charge is -2.10. The molecular formula is C31H20ClN5O6. The van der Waals surface area contributed by atoms with Crippen LogP contribution in [0.5, 0.6) is 5.75 Å². The lowest BCUT2D eigenvalue weighted by molar-refractivity contribution is -0.385. The monoisotopic (exact) mass is 593 g/mol. The third-order valence-corrected chi connectivity index (χ3v) is 6.65. The molecule has 0 bridgehead atoms. The van der Waals surface area contributed by atoms with Crippen molar-refractivity contribution in [2.45, 2.75) is 0 Å². The number of carbonyl (C=O) groups is 1. The molecule has 0 atom stereocenters. The minimum absolute atomic E-state index is 0.121. The van der Waals surface area contributed by atoms with Gasteiger partial charge >= 0.3 is 5.69 Å². The lowest BCUT2D eigenvalue weighted by Crippen LogP contribution is -2.20. The smallest absolute Gasteiger partial charge is 0.313 e. The second-order valence-electron chi connectivity index (χ2n) is 9.27. The Hall–Kier alpha value is -5.81. The Balaban J connectivity index is 1.35. The first-order chi connectivity index (χ1) is 20.9. The van der Waals surface area contributed by atoms with Crippen LogP contribution in [0.2, 0.25) is 5.02 Å². The Kier molecular flexibility index (Phi) is 7.37. The number of aromatic nitrogens is 2. The number of furan rings is 1. The second kappa shape index (κ2) is 11.6. The van der Waals surface area contributed by atoms with Gasteiger partial charge in [0.25, 0.3) is 11.5 Å². The van der Waals surface area contributed by atoms with Crippen LogP contribution in [-0.4, -0.2) is 33.3 Å². The minimum atomic E-state index is -0.683. The van der Waals surface area contributed by atoms with E-state index in [0.717, 1.165) is 10.1 Å². The van der Waals surface area contributed by atoms with E-state index in [-0.39, 0.29) is 22.2 Å². The zero-order chi connectivity index (χ0) is 29.9. The topological polar surface area (TPSA) is 142 Å². The average Bonchev–Trinajstić information content (AvgIpc) is 3.44. The Morgan fingerprint density at radius 3 is 2.58 bits per heavy atom. The maximum Gasteiger partial charge on any atom is 0.313 e. The number of hydrogen-bond donors (Lipinski definition) is 1. The highest BCUT2D eigenvalue weighted by Crippen LogP contribution is 2.36. The van der Waals surface area contributed by atoms with E-state index >= 15 is 0 Å². The number of ether oxygens (including phenoxy) is 1. The van der Waals surface area contributed by atoms with Crippen LogP contribution in [-0.2, 0) is 4.79 Å². The average molecular weight is 594 g/mol. The molecule has 1 amide bonds. The van der Waals surface area contributed by atoms with E-state index in [1.54, 1.807) is 66.7 Å². The van der Waals surface area contributed by atoms with Crippen molar-refractivity contribution < 1.29 is 18.9 Å². The highest BCUT2D eigenvalue weighted by atomic mass is 35.5. The van der Waals surface area contributed by atoms with Crippen molar-refractivity contribution in [1.29, 1.82) is 0 Å². The predicted molar refractivity (Wildman–Crippen MR) is 163 cm³/mol. The van der Waals surface area contributed by atoms with Crippen LogP contribution >= 0.6 is 11.6 Å². The fraction of sp³-hybridized carbons (Fsp3) is 0.0323. The first-order valence-electron chi connectivity index (χ1n) is 12.9. The first kappa shape index (κ1) is 27.4. The van der Waals surface area contributed by atoms with E-state index < -0.39 is 28.7 Å². The van der Waals surface area contributed by atoms with Crippen LogP contribution < -0.4 is 15.6 Å². The molecule has 0 aliphatic carbocycles. The fourth-order valence-corrected chi connectivity index (χ4v) is 4.69. The number of para-hydroxylation sites is 3. The number of hydrogen-bond acceptors (Lipinski definition) is 8. The molecule has 11 nitrogen and oxygen atoms in total. The van der Waals surface area contributed by atoms with E-state index in [2.05, 4.69) is 15.4 Å². The molecule has 12 heteroatoms. The van der Waals surface area contributed by atoms with Crippen LogP contribution in [0.15, 0.2) is 111 Å². The van der Waals surface area contributed by atoms with Crippen molar-refractivity contribution >= 4 is 57.0 Å². The van der Waals surface area contributed by atoms with Gasteiger partial charge in [-0.15, -0.1) is 0 Å². The number of amides is 1. The van der Waals surface area contributed by atoms with Crippen molar-refractivity contribution in [2.75, 3.05) is 11.9 Å². The molecule has 2 heterocycles. The van der Waals surface area contributed by atoms with Gasteiger partial charge in [0.05, 0.1) is 27.1 Å². The summed E-state index contributed by atoms with van der Waals surface area (Å²) in [6.07, 6.45) is 1.24. The summed E-state index contributed by atoms with van der Waals surface area (Å²) in [6, 6.07) is 27.1. The van der Waals surface area contributed by atoms with E-state index in [1.165, 1.54) is 18.3 Å². The number of nitro groups is 1. The molecule has 6 aromatic rings. The van der Waals surface area contributed by atoms with Gasteiger partial charge in [0, 0.05) is 22.7 Å². The SMILES string of the molecule is O=C(COc1c(Cl)cc(C=Nn2c(-c3cc4ccccc4o3)nc3ccccc3c2=O)cc1[N+](=O)[O-])Nc1ccccc1. The molecule has 43 heavy (non-hydrogen) atoms. The zero-order valence-corrected chi connectivity index (χ0v) is 22.9. The molecule has 2 aromatic heterocycles. The minimum Gasteiger partial charge on any atom is -0.476 e. The molecule has 0 spiro atoms. The lowest BCUT2D eigenvalue weighted by atomic mass is 10.2. The van der Waals surface area contributed by atoms with Crippen molar-refractivity contribution in [2.24, 2.45) is 5.10 Å². The Bertz CT molecular complexity index is 2070. The molecule has 0 unspecified atom stereocenters. The fourth-order valence-electron chi connectivity index (χ4n) is 4.42. The third kappa shape index (κ3) is 5.69. The number of nitrogens with one attached hydrogen (secondary N) is 1. The van der Waals surface area contributed by atoms with Crippen LogP contribution in [0.1, 0.15) is 5.56 Å². The molecule has 0 fully saturated rings. The van der Waals surface area contributed by atoms with Crippen molar-refractivity contribution in [3.05, 3.63) is 128 Å². The first-order valence-corrected chi connectivity index (χ1v) is 13.3. The van der Waals surface area contributed by atoms with Gasteiger partial charge in [0.15, 0.2) is 12.4 Å². The number of carbonyl (C=O) groups excluding carboxylic acids is 1. The maximum absolute atomic E-state index is 13.5. The third-order valence-electron chi connectivity index (χ3n) is 6.37. The number of anilines is 1. The largest absolute Gasteiger partial charge is 0.476 e. The zero-order valence-electron chi connectivity index (χ0n) is 22.1. The van der Waals surface area contributed by atoms with Crippen LogP contribution in [0, 0.1) is 10.1 Å². The summed E-state index contributed by atoms with van der Waals surface area (Å²) in [4.78, 5) is 41.7. The molecule has 212 valence electrons. The molecule has 6 rings (SSSR count). The molecule has 4 aromatic carbocycles. The van der Waals surface area contributed by atoms with Crippen molar-refractivity contribution in [3.63, 3.8) is 0 Å². The Labute approximate surface area is 247 Å². The summed E-state index contributed by atoms with van der Waals surface area (Å²) >= 11 is 6.37. The van der Waals surface area contributed by atoms with Gasteiger partial charge in [-0.25, -0.2) is 4.98 Å². The number of rotatable bonds is 8. The molecule has 0 radical (unpaired) electrons. The maximum atomic E-state index is 13.5. The second-order valence-corrected chi connectivity index (χ2v) is 9.68. The van der Waals surface area contributed by atoms with Crippen molar-refractivity contribution in [1.82, 2.24) is 9.66 Å². The van der Waals surface area contributed by atoms with Gasteiger partial charge in [-0.1, -0.05) is 60.1 Å². The number of benzene rings is 4. The van der Waals surface area contributed by atoms with E-state index in [9.17, 15) is 19.7 Å². The van der Waals surface area contributed by atoms with E-state index in [1.807, 2.05) is 18.2 Å². The number of nitrogens with zero attached hydrogens (tertiary/aromatic N) is 4. The summed E-state index contributed by atoms with van der Waals surface area (Å²) in [5.74, 6) is -0.355. The summed E-state index contributed by atoms with van der Waals surface area (Å²) in [5.41, 5.74) is 0.846. The van der Waals surface area contributed by atoms with Gasteiger partial charge in [-0.2, -0.15) is 9.78 Å². The predicted octanol–water partition coefficient (Wildman–Crippen LogP) is 6.27. The highest BCUT2D eigenvalue weighted by Gasteiger charge is 2.22. The molecule has 0 aliphatic heterocycles. The summed E-state index contributed by atoms with van der Waals surface area (Å²) in [5, 5.41) is 19.9. The molecule has 1 N–H and O–H groups in total. The molecule has 0 aliphatic rings. The van der Waals surface area contributed by atoms with Crippen molar-refractivity contribution in [3.8, 4) is 17.3 Å². The number of fused-ring (bicyclic) bond motifs is 2. The normalized spacial score (nSPS) is 11.3. The van der Waals surface area contributed by atoms with Gasteiger partial charge in [0.2, 0.25) is 11.6 Å². The quantitative estimate of drug-likeness (QED) is 0.124. The van der Waals surface area contributed by atoms with Gasteiger partial charge in [-0.05, 0) is 42.5 Å². The Morgan fingerprint density at radius 2 is 1.79 bits per heavy atom. The molecule has 0 saturated carbocycles. The molecule has 0 saturated heterocycles. The van der Waals surface area contributed by atoms with Crippen LogP contribution in [0.4, 0.5) is 11.4 Å². The summed E-state index contributed by atoms with van der Waals surface area (Å²) in [6.45, 7) is -0.512. The van der Waals surface area contributed by atoms with Gasteiger partial charge < -0.3 is 14.5 Å². The van der Waals surface area contributed by atoms with E-state index in [0.29, 0.717) is 27.9 Å². The molecular weight excluding hydrogens is 574 g/mol. The summed E-state index contributed by atoms with van der Waals surface area (Å²) in [7, 11) is 0. The Morgan fingerprint density at radius 1 is 1.05 bits per heavy atom. The van der Waals surface area contributed by atoms with Crippen LogP contribution in [0.3, 0.4) is 0 Å². The standard InChI is InChI=1S/C31H20ClN5O6/c32-23-14-19(15-25(37(40)41)29(23)42-18-28(38)34-21-9-2-1-3-10-21)17-33-36-30(27-16-20-8-4-7-13-26(20)43-27)35-24-12-6-5-11-22(24)31(36)39/h1-17H,18H2,(H,34,38). The van der Waals surface area contributed by atoms with E-state index in [4.69, 9.17) is 20.8 Å².